The molecular weight excluding hydrogens is 727 g/mol. The topological polar surface area (TPSA) is 16.4 Å². The van der Waals surface area contributed by atoms with Crippen molar-refractivity contribution >= 4 is 82.1 Å². The highest BCUT2D eigenvalue weighted by Gasteiger charge is 2.20. The molecule has 1 aromatic heterocycles. The van der Waals surface area contributed by atoms with E-state index in [0.717, 1.165) is 50.1 Å². The number of fused-ring (bicyclic) bond motifs is 9. The molecule has 12 rings (SSSR count). The number of para-hydroxylation sites is 1. The summed E-state index contributed by atoms with van der Waals surface area (Å²) in [5, 5.41) is 12.3. The van der Waals surface area contributed by atoms with Gasteiger partial charge >= 0.3 is 0 Å². The lowest BCUT2D eigenvalue weighted by Gasteiger charge is -2.27. The van der Waals surface area contributed by atoms with Gasteiger partial charge in [-0.05, 0) is 125 Å². The van der Waals surface area contributed by atoms with Crippen molar-refractivity contribution in [1.29, 1.82) is 0 Å². The molecule has 60 heavy (non-hydrogen) atoms. The van der Waals surface area contributed by atoms with Gasteiger partial charge in [-0.15, -0.1) is 0 Å². The Balaban J connectivity index is 0.949. The van der Waals surface area contributed by atoms with Crippen molar-refractivity contribution in [3.05, 3.63) is 224 Å². The molecule has 280 valence electrons. The first kappa shape index (κ1) is 34.1. The van der Waals surface area contributed by atoms with Crippen LogP contribution in [0.5, 0.6) is 0 Å². The van der Waals surface area contributed by atoms with Crippen molar-refractivity contribution < 1.29 is 4.42 Å². The van der Waals surface area contributed by atoms with Crippen molar-refractivity contribution in [2.75, 3.05) is 4.90 Å². The minimum atomic E-state index is 0.868. The van der Waals surface area contributed by atoms with Gasteiger partial charge in [-0.25, -0.2) is 0 Å². The van der Waals surface area contributed by atoms with Gasteiger partial charge in [0.1, 0.15) is 11.2 Å². The Bertz CT molecular complexity index is 3600. The average molecular weight is 764 g/mol. The molecule has 0 saturated carbocycles. The first-order valence-electron chi connectivity index (χ1n) is 20.6. The Kier molecular flexibility index (Phi) is 7.89. The van der Waals surface area contributed by atoms with Crippen LogP contribution in [0.3, 0.4) is 0 Å². The molecule has 0 atom stereocenters. The van der Waals surface area contributed by atoms with Crippen LogP contribution in [-0.4, -0.2) is 0 Å². The Hall–Kier alpha value is -7.94. The van der Waals surface area contributed by atoms with Crippen molar-refractivity contribution in [3.8, 4) is 33.4 Å². The molecule has 2 heteroatoms. The highest BCUT2D eigenvalue weighted by Crippen LogP contribution is 2.44. The average Bonchev–Trinajstić information content (AvgIpc) is 3.71. The van der Waals surface area contributed by atoms with E-state index in [9.17, 15) is 0 Å². The van der Waals surface area contributed by atoms with Gasteiger partial charge in [0.15, 0.2) is 0 Å². The second-order valence-electron chi connectivity index (χ2n) is 15.7. The zero-order chi connectivity index (χ0) is 39.6. The van der Waals surface area contributed by atoms with Crippen LogP contribution in [0.15, 0.2) is 229 Å². The molecule has 0 amide bonds. The Morgan fingerprint density at radius 3 is 1.65 bits per heavy atom. The lowest BCUT2D eigenvalue weighted by Crippen LogP contribution is -2.10. The maximum absolute atomic E-state index is 6.42. The zero-order valence-electron chi connectivity index (χ0n) is 32.7. The number of hydrogen-bond donors (Lipinski definition) is 0. The largest absolute Gasteiger partial charge is 0.456 e. The van der Waals surface area contributed by atoms with Crippen LogP contribution in [0.4, 0.5) is 17.1 Å². The summed E-state index contributed by atoms with van der Waals surface area (Å²) in [7, 11) is 0. The van der Waals surface area contributed by atoms with Gasteiger partial charge in [0.2, 0.25) is 0 Å². The molecule has 0 bridgehead atoms. The fourth-order valence-corrected chi connectivity index (χ4v) is 9.32. The predicted molar refractivity (Wildman–Crippen MR) is 255 cm³/mol. The number of benzene rings is 11. The fourth-order valence-electron chi connectivity index (χ4n) is 9.32. The summed E-state index contributed by atoms with van der Waals surface area (Å²) in [6.45, 7) is 0. The molecule has 0 spiro atoms. The molecular formula is C58H37NO. The van der Waals surface area contributed by atoms with E-state index in [1.54, 1.807) is 0 Å². The molecule has 0 unspecified atom stereocenters. The third kappa shape index (κ3) is 5.65. The molecule has 0 radical (unpaired) electrons. The normalized spacial score (nSPS) is 11.7. The predicted octanol–water partition coefficient (Wildman–Crippen LogP) is 16.7. The zero-order valence-corrected chi connectivity index (χ0v) is 32.7. The maximum Gasteiger partial charge on any atom is 0.137 e. The lowest BCUT2D eigenvalue weighted by molar-refractivity contribution is 0.669. The standard InChI is InChI=1S/C58H37NO/c1-3-14-48-40(10-1)26-27-45-36-44(31-34-51(45)48)39-28-32-46(33-29-39)59(55-19-9-21-57-58(55)54-16-5-6-20-56(54)60-57)47-13-7-12-43(37-47)38-22-24-42(25-23-38)50-17-8-18-52-49-15-4-2-11-41(49)30-35-53(50)52/h1-37H. The van der Waals surface area contributed by atoms with E-state index in [-0.39, 0.29) is 0 Å². The molecule has 0 aliphatic carbocycles. The summed E-state index contributed by atoms with van der Waals surface area (Å²) in [6.07, 6.45) is 0. The fraction of sp³-hybridized carbons (Fsp3) is 0. The maximum atomic E-state index is 6.42. The minimum absolute atomic E-state index is 0.868. The second kappa shape index (κ2) is 13.9. The summed E-state index contributed by atoms with van der Waals surface area (Å²) >= 11 is 0. The van der Waals surface area contributed by atoms with Crippen molar-refractivity contribution in [2.45, 2.75) is 0 Å². The lowest BCUT2D eigenvalue weighted by atomic mass is 9.93. The molecule has 0 aliphatic rings. The van der Waals surface area contributed by atoms with E-state index < -0.39 is 0 Å². The van der Waals surface area contributed by atoms with Crippen LogP contribution in [0.25, 0.3) is 98.4 Å². The Morgan fingerprint density at radius 1 is 0.283 bits per heavy atom. The summed E-state index contributed by atoms with van der Waals surface area (Å²) < 4.78 is 6.42. The van der Waals surface area contributed by atoms with Gasteiger partial charge in [0.25, 0.3) is 0 Å². The minimum Gasteiger partial charge on any atom is -0.456 e. The molecule has 0 aliphatic heterocycles. The van der Waals surface area contributed by atoms with E-state index in [1.807, 2.05) is 6.07 Å². The van der Waals surface area contributed by atoms with Gasteiger partial charge in [-0.3, -0.25) is 0 Å². The van der Waals surface area contributed by atoms with Crippen LogP contribution < -0.4 is 4.90 Å². The quantitative estimate of drug-likeness (QED) is 0.157. The van der Waals surface area contributed by atoms with E-state index in [2.05, 4.69) is 223 Å². The van der Waals surface area contributed by atoms with Gasteiger partial charge in [0, 0.05) is 16.8 Å². The number of hydrogen-bond acceptors (Lipinski definition) is 2. The second-order valence-corrected chi connectivity index (χ2v) is 15.7. The van der Waals surface area contributed by atoms with Crippen molar-refractivity contribution in [1.82, 2.24) is 0 Å². The molecule has 0 N–H and O–H groups in total. The third-order valence-electron chi connectivity index (χ3n) is 12.2. The number of rotatable bonds is 6. The summed E-state index contributed by atoms with van der Waals surface area (Å²) in [5.74, 6) is 0. The smallest absolute Gasteiger partial charge is 0.137 e. The summed E-state index contributed by atoms with van der Waals surface area (Å²) in [5.41, 5.74) is 12.1. The van der Waals surface area contributed by atoms with Crippen molar-refractivity contribution in [3.63, 3.8) is 0 Å². The van der Waals surface area contributed by atoms with Crippen molar-refractivity contribution in [2.24, 2.45) is 0 Å². The monoisotopic (exact) mass is 763 g/mol. The number of anilines is 3. The third-order valence-corrected chi connectivity index (χ3v) is 12.2. The van der Waals surface area contributed by atoms with Crippen LogP contribution in [0, 0.1) is 0 Å². The first-order chi connectivity index (χ1) is 29.7. The molecule has 0 fully saturated rings. The Morgan fingerprint density at radius 2 is 0.833 bits per heavy atom. The number of furan rings is 1. The highest BCUT2D eigenvalue weighted by atomic mass is 16.3. The van der Waals surface area contributed by atoms with Gasteiger partial charge in [-0.1, -0.05) is 176 Å². The van der Waals surface area contributed by atoms with Crippen LogP contribution in [-0.2, 0) is 0 Å². The molecule has 12 aromatic rings. The van der Waals surface area contributed by atoms with Gasteiger partial charge in [0.05, 0.1) is 11.1 Å². The van der Waals surface area contributed by atoms with Crippen LogP contribution >= 0.6 is 0 Å². The highest BCUT2D eigenvalue weighted by molar-refractivity contribution is 6.14. The molecule has 1 heterocycles. The van der Waals surface area contributed by atoms with Crippen LogP contribution in [0.1, 0.15) is 0 Å². The van der Waals surface area contributed by atoms with E-state index in [4.69, 9.17) is 4.42 Å². The van der Waals surface area contributed by atoms with E-state index in [0.29, 0.717) is 0 Å². The van der Waals surface area contributed by atoms with E-state index in [1.165, 1.54) is 65.3 Å². The summed E-state index contributed by atoms with van der Waals surface area (Å²) in [4.78, 5) is 2.37. The van der Waals surface area contributed by atoms with Crippen LogP contribution in [0.2, 0.25) is 0 Å². The van der Waals surface area contributed by atoms with E-state index >= 15 is 0 Å². The molecule has 11 aromatic carbocycles. The molecule has 2 nitrogen and oxygen atoms in total. The van der Waals surface area contributed by atoms with Gasteiger partial charge < -0.3 is 9.32 Å². The molecule has 0 saturated heterocycles. The Labute approximate surface area is 347 Å². The number of nitrogens with zero attached hydrogens (tertiary/aromatic N) is 1. The summed E-state index contributed by atoms with van der Waals surface area (Å²) in [6, 6.07) is 81.3. The first-order valence-corrected chi connectivity index (χ1v) is 20.6. The SMILES string of the molecule is c1cc(-c2ccc(-c3cccc4c3ccc3ccccc34)cc2)cc(N(c2ccc(-c3ccc4c(ccc5ccccc54)c3)cc2)c2cccc3oc4ccccc4c23)c1. The van der Waals surface area contributed by atoms with Gasteiger partial charge in [-0.2, -0.15) is 0 Å².